The lowest BCUT2D eigenvalue weighted by Crippen LogP contribution is -2.54. The SMILES string of the molecule is CCCCCCCCN(C(=O)C(C)NC(=O)OC(C)(C)C)C(C(=O)NC(C)(C)C)c1ccc(O)c(C)c1. The number of phenolic OH excluding ortho intramolecular Hbond substituents is 1. The third-order valence-corrected chi connectivity index (χ3v) is 5.73. The molecule has 210 valence electrons. The Morgan fingerprint density at radius 3 is 2.14 bits per heavy atom. The maximum Gasteiger partial charge on any atom is 0.408 e. The minimum Gasteiger partial charge on any atom is -0.508 e. The second-order valence-electron chi connectivity index (χ2n) is 11.9. The van der Waals surface area contributed by atoms with E-state index in [9.17, 15) is 19.5 Å². The van der Waals surface area contributed by atoms with E-state index in [1.807, 2.05) is 20.8 Å². The van der Waals surface area contributed by atoms with Crippen LogP contribution in [0.1, 0.15) is 111 Å². The molecule has 0 aliphatic rings. The van der Waals surface area contributed by atoms with Crippen LogP contribution < -0.4 is 10.6 Å². The maximum absolute atomic E-state index is 13.8. The highest BCUT2D eigenvalue weighted by Crippen LogP contribution is 2.28. The Labute approximate surface area is 223 Å². The summed E-state index contributed by atoms with van der Waals surface area (Å²) in [5, 5.41) is 15.7. The smallest absolute Gasteiger partial charge is 0.408 e. The number of nitrogens with zero attached hydrogens (tertiary/aromatic N) is 1. The van der Waals surface area contributed by atoms with E-state index in [0.29, 0.717) is 17.7 Å². The molecule has 1 aromatic carbocycles. The van der Waals surface area contributed by atoms with Gasteiger partial charge in [-0.15, -0.1) is 0 Å². The summed E-state index contributed by atoms with van der Waals surface area (Å²) in [5.41, 5.74) is -0.0147. The van der Waals surface area contributed by atoms with Gasteiger partial charge in [-0.25, -0.2) is 4.79 Å². The molecule has 1 aromatic rings. The molecule has 0 fully saturated rings. The van der Waals surface area contributed by atoms with Gasteiger partial charge < -0.3 is 25.4 Å². The molecule has 3 N–H and O–H groups in total. The van der Waals surface area contributed by atoms with E-state index in [1.165, 1.54) is 12.5 Å². The number of rotatable bonds is 12. The Kier molecular flexibility index (Phi) is 12.4. The summed E-state index contributed by atoms with van der Waals surface area (Å²) in [6.45, 7) is 16.8. The average molecular weight is 520 g/mol. The summed E-state index contributed by atoms with van der Waals surface area (Å²) in [4.78, 5) is 41.3. The van der Waals surface area contributed by atoms with E-state index in [-0.39, 0.29) is 17.6 Å². The number of carbonyl (C=O) groups is 3. The van der Waals surface area contributed by atoms with Gasteiger partial charge in [0, 0.05) is 12.1 Å². The van der Waals surface area contributed by atoms with E-state index < -0.39 is 29.3 Å². The number of unbranched alkanes of at least 4 members (excludes halogenated alkanes) is 5. The van der Waals surface area contributed by atoms with E-state index >= 15 is 0 Å². The van der Waals surface area contributed by atoms with Crippen molar-refractivity contribution < 1.29 is 24.2 Å². The molecule has 0 heterocycles. The third kappa shape index (κ3) is 11.9. The van der Waals surface area contributed by atoms with E-state index in [0.717, 1.165) is 32.1 Å². The molecule has 2 atom stereocenters. The molecule has 2 unspecified atom stereocenters. The zero-order chi connectivity index (χ0) is 28.4. The molecule has 8 heteroatoms. The molecule has 0 aromatic heterocycles. The van der Waals surface area contributed by atoms with Gasteiger partial charge in [0.25, 0.3) is 0 Å². The Hall–Kier alpha value is -2.77. The zero-order valence-electron chi connectivity index (χ0n) is 24.4. The van der Waals surface area contributed by atoms with Gasteiger partial charge in [0.15, 0.2) is 0 Å². The number of aromatic hydroxyl groups is 1. The zero-order valence-corrected chi connectivity index (χ0v) is 24.4. The fraction of sp³-hybridized carbons (Fsp3) is 0.690. The van der Waals surface area contributed by atoms with Crippen molar-refractivity contribution in [3.8, 4) is 5.75 Å². The van der Waals surface area contributed by atoms with Crippen molar-refractivity contribution in [3.05, 3.63) is 29.3 Å². The number of alkyl carbamates (subject to hydrolysis) is 1. The van der Waals surface area contributed by atoms with Gasteiger partial charge in [-0.2, -0.15) is 0 Å². The van der Waals surface area contributed by atoms with Crippen molar-refractivity contribution in [3.63, 3.8) is 0 Å². The molecule has 0 aliphatic carbocycles. The van der Waals surface area contributed by atoms with Crippen LogP contribution in [0.2, 0.25) is 0 Å². The Morgan fingerprint density at radius 2 is 1.59 bits per heavy atom. The van der Waals surface area contributed by atoms with Crippen LogP contribution in [0, 0.1) is 6.92 Å². The molecular formula is C29H49N3O5. The highest BCUT2D eigenvalue weighted by molar-refractivity contribution is 5.92. The number of benzene rings is 1. The Balaban J connectivity index is 3.34. The Bertz CT molecular complexity index is 902. The van der Waals surface area contributed by atoms with Gasteiger partial charge in [0.2, 0.25) is 11.8 Å². The maximum atomic E-state index is 13.8. The third-order valence-electron chi connectivity index (χ3n) is 5.73. The summed E-state index contributed by atoms with van der Waals surface area (Å²) in [7, 11) is 0. The van der Waals surface area contributed by atoms with E-state index in [1.54, 1.807) is 51.7 Å². The quantitative estimate of drug-likeness (QED) is 0.304. The molecule has 8 nitrogen and oxygen atoms in total. The van der Waals surface area contributed by atoms with Gasteiger partial charge in [-0.3, -0.25) is 9.59 Å². The topological polar surface area (TPSA) is 108 Å². The van der Waals surface area contributed by atoms with E-state index in [2.05, 4.69) is 17.6 Å². The average Bonchev–Trinajstić information content (AvgIpc) is 2.74. The van der Waals surface area contributed by atoms with Crippen molar-refractivity contribution in [1.82, 2.24) is 15.5 Å². The van der Waals surface area contributed by atoms with Gasteiger partial charge in [0.1, 0.15) is 23.4 Å². The fourth-order valence-corrected chi connectivity index (χ4v) is 3.98. The van der Waals surface area contributed by atoms with Crippen molar-refractivity contribution in [2.24, 2.45) is 0 Å². The fourth-order valence-electron chi connectivity index (χ4n) is 3.98. The first kappa shape index (κ1) is 32.3. The minimum absolute atomic E-state index is 0.118. The first-order valence-electron chi connectivity index (χ1n) is 13.5. The van der Waals surface area contributed by atoms with Gasteiger partial charge in [0.05, 0.1) is 0 Å². The molecule has 0 saturated heterocycles. The lowest BCUT2D eigenvalue weighted by atomic mass is 9.98. The number of ether oxygens (including phenoxy) is 1. The lowest BCUT2D eigenvalue weighted by Gasteiger charge is -2.35. The molecule has 37 heavy (non-hydrogen) atoms. The van der Waals surface area contributed by atoms with Crippen LogP contribution in [0.25, 0.3) is 0 Å². The number of nitrogens with one attached hydrogen (secondary N) is 2. The Morgan fingerprint density at radius 1 is 1.00 bits per heavy atom. The van der Waals surface area contributed by atoms with Crippen molar-refractivity contribution in [2.45, 2.75) is 124 Å². The highest BCUT2D eigenvalue weighted by Gasteiger charge is 2.36. The predicted octanol–water partition coefficient (Wildman–Crippen LogP) is 5.76. The molecule has 1 rings (SSSR count). The number of hydrogen-bond acceptors (Lipinski definition) is 5. The first-order chi connectivity index (χ1) is 17.1. The normalized spacial score (nSPS) is 13.4. The molecule has 0 aliphatic heterocycles. The molecule has 0 spiro atoms. The largest absolute Gasteiger partial charge is 0.508 e. The van der Waals surface area contributed by atoms with Crippen LogP contribution in [0.4, 0.5) is 4.79 Å². The van der Waals surface area contributed by atoms with Crippen molar-refractivity contribution in [2.75, 3.05) is 6.54 Å². The van der Waals surface area contributed by atoms with Crippen LogP contribution in [-0.4, -0.2) is 51.6 Å². The van der Waals surface area contributed by atoms with Gasteiger partial charge in [-0.05, 0) is 85.1 Å². The number of hydrogen-bond donors (Lipinski definition) is 3. The standard InChI is InChI=1S/C29H49N3O5/c1-10-11-12-13-14-15-18-32(26(35)21(3)30-27(36)37-29(7,8)9)24(25(34)31-28(4,5)6)22-16-17-23(33)20(2)19-22/h16-17,19,21,24,33H,10-15,18H2,1-9H3,(H,30,36)(H,31,34). The van der Waals surface area contributed by atoms with Crippen LogP contribution in [-0.2, 0) is 14.3 Å². The lowest BCUT2D eigenvalue weighted by molar-refractivity contribution is -0.142. The van der Waals surface area contributed by atoms with Crippen LogP contribution in [0.3, 0.4) is 0 Å². The summed E-state index contributed by atoms with van der Waals surface area (Å²) in [5.74, 6) is -0.576. The number of phenols is 1. The van der Waals surface area contributed by atoms with Crippen molar-refractivity contribution in [1.29, 1.82) is 0 Å². The molecule has 0 saturated carbocycles. The summed E-state index contributed by atoms with van der Waals surface area (Å²) >= 11 is 0. The minimum atomic E-state index is -0.926. The number of amides is 3. The molecular weight excluding hydrogens is 470 g/mol. The van der Waals surface area contributed by atoms with Gasteiger partial charge in [-0.1, -0.05) is 45.1 Å². The second kappa shape index (κ2) is 14.2. The summed E-state index contributed by atoms with van der Waals surface area (Å²) < 4.78 is 5.33. The van der Waals surface area contributed by atoms with Crippen LogP contribution in [0.15, 0.2) is 18.2 Å². The van der Waals surface area contributed by atoms with Crippen molar-refractivity contribution >= 4 is 17.9 Å². The molecule has 0 bridgehead atoms. The summed E-state index contributed by atoms with van der Waals surface area (Å²) in [6.07, 6.45) is 5.47. The predicted molar refractivity (Wildman–Crippen MR) is 147 cm³/mol. The van der Waals surface area contributed by atoms with E-state index in [4.69, 9.17) is 4.74 Å². The van der Waals surface area contributed by atoms with Gasteiger partial charge >= 0.3 is 6.09 Å². The van der Waals surface area contributed by atoms with Crippen LogP contribution in [0.5, 0.6) is 5.75 Å². The molecule has 3 amide bonds. The summed E-state index contributed by atoms with van der Waals surface area (Å²) in [6, 6.07) is 3.11. The number of carbonyl (C=O) groups excluding carboxylic acids is 3. The van der Waals surface area contributed by atoms with Crippen LogP contribution >= 0.6 is 0 Å². The first-order valence-corrected chi connectivity index (χ1v) is 13.5. The number of aryl methyl sites for hydroxylation is 1. The molecule has 0 radical (unpaired) electrons. The monoisotopic (exact) mass is 519 g/mol. The second-order valence-corrected chi connectivity index (χ2v) is 11.9. The highest BCUT2D eigenvalue weighted by atomic mass is 16.6.